The van der Waals surface area contributed by atoms with Gasteiger partial charge in [0.25, 0.3) is 5.56 Å². The SMILES string of the molecule is CCn1cnc2c1c(=O)n(CCCCC(C)=O)c(=O)n2CC. The standard InChI is InChI=1S/C15H22N4O3/c1-4-17-10-16-13-12(17)14(21)19(15(22)18(13)5-2)9-7-6-8-11(3)20/h10H,4-9H2,1-3H3. The first-order valence-corrected chi connectivity index (χ1v) is 7.69. The molecule has 0 aliphatic heterocycles. The molecule has 0 unspecified atom stereocenters. The summed E-state index contributed by atoms with van der Waals surface area (Å²) in [5.41, 5.74) is 0.283. The van der Waals surface area contributed by atoms with Gasteiger partial charge in [-0.2, -0.15) is 0 Å². The number of ketones is 1. The first-order valence-electron chi connectivity index (χ1n) is 7.69. The molecule has 2 aromatic heterocycles. The third kappa shape index (κ3) is 2.88. The second-order valence-electron chi connectivity index (χ2n) is 5.35. The number of nitrogens with zero attached hydrogens (tertiary/aromatic N) is 4. The predicted molar refractivity (Wildman–Crippen MR) is 84.1 cm³/mol. The number of aromatic nitrogens is 4. The van der Waals surface area contributed by atoms with Crippen molar-refractivity contribution in [2.75, 3.05) is 0 Å². The molecule has 0 fully saturated rings. The fraction of sp³-hybridized carbons (Fsp3) is 0.600. The van der Waals surface area contributed by atoms with E-state index >= 15 is 0 Å². The van der Waals surface area contributed by atoms with Crippen molar-refractivity contribution < 1.29 is 4.79 Å². The van der Waals surface area contributed by atoms with Crippen molar-refractivity contribution in [1.82, 2.24) is 18.7 Å². The third-order valence-corrected chi connectivity index (χ3v) is 3.80. The van der Waals surface area contributed by atoms with E-state index in [0.29, 0.717) is 50.1 Å². The number of Topliss-reactive ketones (excluding diaryl/α,β-unsaturated/α-hetero) is 1. The zero-order valence-corrected chi connectivity index (χ0v) is 13.3. The number of rotatable bonds is 7. The topological polar surface area (TPSA) is 78.9 Å². The van der Waals surface area contributed by atoms with Crippen molar-refractivity contribution >= 4 is 16.9 Å². The Morgan fingerprint density at radius 3 is 2.45 bits per heavy atom. The number of imidazole rings is 1. The van der Waals surface area contributed by atoms with Crippen LogP contribution in [0.1, 0.15) is 40.0 Å². The van der Waals surface area contributed by atoms with Crippen LogP contribution in [0.25, 0.3) is 11.2 Å². The van der Waals surface area contributed by atoms with Gasteiger partial charge in [0.1, 0.15) is 5.78 Å². The number of unbranched alkanes of at least 4 members (excludes halogenated alkanes) is 1. The molecule has 22 heavy (non-hydrogen) atoms. The maximum atomic E-state index is 12.6. The van der Waals surface area contributed by atoms with Crippen molar-refractivity contribution in [3.8, 4) is 0 Å². The average molecular weight is 306 g/mol. The van der Waals surface area contributed by atoms with Crippen LogP contribution >= 0.6 is 0 Å². The summed E-state index contributed by atoms with van der Waals surface area (Å²) in [5, 5.41) is 0. The summed E-state index contributed by atoms with van der Waals surface area (Å²) in [7, 11) is 0. The van der Waals surface area contributed by atoms with Crippen molar-refractivity contribution in [1.29, 1.82) is 0 Å². The molecule has 2 aromatic rings. The Morgan fingerprint density at radius 1 is 1.14 bits per heavy atom. The molecule has 0 atom stereocenters. The Balaban J connectivity index is 2.47. The Bertz CT molecular complexity index is 797. The van der Waals surface area contributed by atoms with Crippen LogP contribution in [0.4, 0.5) is 0 Å². The minimum Gasteiger partial charge on any atom is -0.325 e. The van der Waals surface area contributed by atoms with E-state index in [1.54, 1.807) is 17.8 Å². The van der Waals surface area contributed by atoms with Crippen LogP contribution < -0.4 is 11.2 Å². The van der Waals surface area contributed by atoms with E-state index in [-0.39, 0.29) is 17.0 Å². The Kier molecular flexibility index (Phi) is 4.95. The highest BCUT2D eigenvalue weighted by Crippen LogP contribution is 2.07. The van der Waals surface area contributed by atoms with Gasteiger partial charge in [0.05, 0.1) is 6.33 Å². The molecular formula is C15H22N4O3. The van der Waals surface area contributed by atoms with E-state index in [0.717, 1.165) is 0 Å². The minimum absolute atomic E-state index is 0.123. The normalized spacial score (nSPS) is 11.2. The lowest BCUT2D eigenvalue weighted by atomic mass is 10.2. The second kappa shape index (κ2) is 6.72. The van der Waals surface area contributed by atoms with E-state index in [2.05, 4.69) is 4.98 Å². The molecule has 0 N–H and O–H groups in total. The molecule has 120 valence electrons. The zero-order chi connectivity index (χ0) is 16.3. The van der Waals surface area contributed by atoms with E-state index in [4.69, 9.17) is 0 Å². The molecule has 7 nitrogen and oxygen atoms in total. The molecule has 0 aliphatic rings. The number of hydrogen-bond acceptors (Lipinski definition) is 4. The third-order valence-electron chi connectivity index (χ3n) is 3.80. The molecule has 0 saturated heterocycles. The lowest BCUT2D eigenvalue weighted by Gasteiger charge is -2.10. The summed E-state index contributed by atoms with van der Waals surface area (Å²) >= 11 is 0. The first kappa shape index (κ1) is 16.2. The van der Waals surface area contributed by atoms with Crippen LogP contribution in [0.15, 0.2) is 15.9 Å². The summed E-state index contributed by atoms with van der Waals surface area (Å²) in [6.07, 6.45) is 3.38. The van der Waals surface area contributed by atoms with E-state index in [9.17, 15) is 14.4 Å². The zero-order valence-electron chi connectivity index (χ0n) is 13.3. The Hall–Kier alpha value is -2.18. The van der Waals surface area contributed by atoms with Crippen LogP contribution in [0.2, 0.25) is 0 Å². The van der Waals surface area contributed by atoms with Gasteiger partial charge in [-0.05, 0) is 33.6 Å². The molecule has 7 heteroatoms. The van der Waals surface area contributed by atoms with E-state index < -0.39 is 0 Å². The number of carbonyl (C=O) groups excluding carboxylic acids is 1. The maximum Gasteiger partial charge on any atom is 0.332 e. The highest BCUT2D eigenvalue weighted by atomic mass is 16.2. The van der Waals surface area contributed by atoms with Gasteiger partial charge in [-0.25, -0.2) is 9.78 Å². The van der Waals surface area contributed by atoms with Crippen LogP contribution in [0.3, 0.4) is 0 Å². The summed E-state index contributed by atoms with van der Waals surface area (Å²) < 4.78 is 4.54. The number of carbonyl (C=O) groups is 1. The van der Waals surface area contributed by atoms with Crippen molar-refractivity contribution in [3.63, 3.8) is 0 Å². The van der Waals surface area contributed by atoms with Gasteiger partial charge < -0.3 is 9.36 Å². The number of aryl methyl sites for hydroxylation is 2. The van der Waals surface area contributed by atoms with Crippen LogP contribution in [-0.4, -0.2) is 24.5 Å². The van der Waals surface area contributed by atoms with Gasteiger partial charge in [0.2, 0.25) is 0 Å². The summed E-state index contributed by atoms with van der Waals surface area (Å²) in [4.78, 5) is 40.3. The molecule has 2 heterocycles. The first-order chi connectivity index (χ1) is 10.5. The smallest absolute Gasteiger partial charge is 0.325 e. The van der Waals surface area contributed by atoms with E-state index in [1.165, 1.54) is 9.13 Å². The quantitative estimate of drug-likeness (QED) is 0.719. The molecule has 0 bridgehead atoms. The lowest BCUT2D eigenvalue weighted by molar-refractivity contribution is -0.117. The van der Waals surface area contributed by atoms with Gasteiger partial charge in [-0.15, -0.1) is 0 Å². The summed E-state index contributed by atoms with van der Waals surface area (Å²) in [6, 6.07) is 0. The monoisotopic (exact) mass is 306 g/mol. The molecule has 0 aliphatic carbocycles. The molecule has 0 saturated carbocycles. The average Bonchev–Trinajstić information content (AvgIpc) is 2.90. The Morgan fingerprint density at radius 2 is 1.86 bits per heavy atom. The van der Waals surface area contributed by atoms with Gasteiger partial charge in [-0.3, -0.25) is 13.9 Å². The van der Waals surface area contributed by atoms with Crippen molar-refractivity contribution in [2.45, 2.75) is 59.7 Å². The number of hydrogen-bond donors (Lipinski definition) is 0. The predicted octanol–water partition coefficient (Wildman–Crippen LogP) is 1.16. The van der Waals surface area contributed by atoms with Crippen LogP contribution in [0.5, 0.6) is 0 Å². The van der Waals surface area contributed by atoms with Gasteiger partial charge in [0.15, 0.2) is 11.2 Å². The summed E-state index contributed by atoms with van der Waals surface area (Å²) in [6.45, 7) is 6.75. The van der Waals surface area contributed by atoms with Crippen molar-refractivity contribution in [2.24, 2.45) is 0 Å². The van der Waals surface area contributed by atoms with Gasteiger partial charge >= 0.3 is 5.69 Å². The molecule has 0 amide bonds. The molecule has 0 aromatic carbocycles. The fourth-order valence-electron chi connectivity index (χ4n) is 2.60. The number of fused-ring (bicyclic) bond motifs is 1. The second-order valence-corrected chi connectivity index (χ2v) is 5.35. The fourth-order valence-corrected chi connectivity index (χ4v) is 2.60. The van der Waals surface area contributed by atoms with E-state index in [1.807, 2.05) is 13.8 Å². The maximum absolute atomic E-state index is 12.6. The molecule has 0 spiro atoms. The van der Waals surface area contributed by atoms with Crippen LogP contribution in [0, 0.1) is 0 Å². The largest absolute Gasteiger partial charge is 0.332 e. The molecular weight excluding hydrogens is 284 g/mol. The highest BCUT2D eigenvalue weighted by molar-refractivity contribution is 5.75. The minimum atomic E-state index is -0.329. The summed E-state index contributed by atoms with van der Waals surface area (Å²) in [5.74, 6) is 0.123. The Labute approximate surface area is 128 Å². The highest BCUT2D eigenvalue weighted by Gasteiger charge is 2.16. The van der Waals surface area contributed by atoms with Crippen LogP contribution in [-0.2, 0) is 24.4 Å². The van der Waals surface area contributed by atoms with Gasteiger partial charge in [-0.1, -0.05) is 0 Å². The van der Waals surface area contributed by atoms with Gasteiger partial charge in [0, 0.05) is 26.1 Å². The molecule has 2 rings (SSSR count). The van der Waals surface area contributed by atoms with Crippen molar-refractivity contribution in [3.05, 3.63) is 27.2 Å². The lowest BCUT2D eigenvalue weighted by Crippen LogP contribution is -2.40. The molecule has 0 radical (unpaired) electrons.